The molecule has 1 saturated heterocycles. The number of hydrogen-bond acceptors (Lipinski definition) is 7. The van der Waals surface area contributed by atoms with Crippen molar-refractivity contribution in [2.75, 3.05) is 13.1 Å². The maximum Gasteiger partial charge on any atom is 0.202 e. The van der Waals surface area contributed by atoms with Crippen molar-refractivity contribution in [3.63, 3.8) is 0 Å². The van der Waals surface area contributed by atoms with E-state index in [1.165, 1.54) is 0 Å². The van der Waals surface area contributed by atoms with Crippen molar-refractivity contribution in [3.05, 3.63) is 42.5 Å². The Morgan fingerprint density at radius 1 is 1.33 bits per heavy atom. The summed E-state index contributed by atoms with van der Waals surface area (Å²) >= 11 is 0. The van der Waals surface area contributed by atoms with Crippen LogP contribution in [0, 0.1) is 0 Å². The van der Waals surface area contributed by atoms with Crippen LogP contribution in [-0.2, 0) is 13.1 Å². The topological polar surface area (TPSA) is 93.3 Å². The van der Waals surface area contributed by atoms with Crippen LogP contribution in [0.2, 0.25) is 0 Å². The quantitative estimate of drug-likeness (QED) is 0.759. The maximum atomic E-state index is 10.9. The molecule has 126 valence electrons. The fourth-order valence-corrected chi connectivity index (χ4v) is 3.24. The van der Waals surface area contributed by atoms with Gasteiger partial charge in [-0.25, -0.2) is 4.68 Å². The van der Waals surface area contributed by atoms with Gasteiger partial charge >= 0.3 is 0 Å². The predicted octanol–water partition coefficient (Wildman–Crippen LogP) is 1.55. The molecule has 8 nitrogen and oxygen atoms in total. The number of piperidine rings is 1. The highest BCUT2D eigenvalue weighted by Gasteiger charge is 2.34. The van der Waals surface area contributed by atoms with Gasteiger partial charge in [0, 0.05) is 25.4 Å². The molecule has 0 radical (unpaired) electrons. The molecule has 1 aliphatic rings. The molecule has 1 atom stereocenters. The van der Waals surface area contributed by atoms with Gasteiger partial charge in [0.05, 0.1) is 30.3 Å². The number of aromatic nitrogens is 4. The highest BCUT2D eigenvalue weighted by molar-refractivity contribution is 5.49. The van der Waals surface area contributed by atoms with Crippen molar-refractivity contribution in [2.45, 2.75) is 31.5 Å². The van der Waals surface area contributed by atoms with Crippen LogP contribution in [0.15, 0.2) is 45.8 Å². The van der Waals surface area contributed by atoms with Gasteiger partial charge < -0.3 is 14.0 Å². The van der Waals surface area contributed by atoms with E-state index >= 15 is 0 Å². The smallest absolute Gasteiger partial charge is 0.202 e. The molecule has 3 aromatic rings. The molecule has 0 bridgehead atoms. The summed E-state index contributed by atoms with van der Waals surface area (Å²) < 4.78 is 12.3. The number of aliphatic hydroxyl groups is 1. The van der Waals surface area contributed by atoms with Crippen molar-refractivity contribution in [1.29, 1.82) is 0 Å². The minimum Gasteiger partial charge on any atom is -0.461 e. The third-order valence-electron chi connectivity index (χ3n) is 4.27. The highest BCUT2D eigenvalue weighted by Crippen LogP contribution is 2.25. The average molecular weight is 329 g/mol. The van der Waals surface area contributed by atoms with Crippen LogP contribution in [0.4, 0.5) is 0 Å². The van der Waals surface area contributed by atoms with Crippen molar-refractivity contribution >= 4 is 0 Å². The zero-order valence-corrected chi connectivity index (χ0v) is 13.2. The van der Waals surface area contributed by atoms with Gasteiger partial charge in [0.15, 0.2) is 5.76 Å². The average Bonchev–Trinajstić information content (AvgIpc) is 3.28. The van der Waals surface area contributed by atoms with Crippen LogP contribution >= 0.6 is 0 Å². The lowest BCUT2D eigenvalue weighted by Gasteiger charge is -2.38. The van der Waals surface area contributed by atoms with Gasteiger partial charge in [0.25, 0.3) is 0 Å². The maximum absolute atomic E-state index is 10.9. The molecule has 0 aromatic carbocycles. The minimum absolute atomic E-state index is 0.444. The second kappa shape index (κ2) is 6.21. The minimum atomic E-state index is -0.806. The summed E-state index contributed by atoms with van der Waals surface area (Å²) in [4.78, 5) is 2.18. The van der Waals surface area contributed by atoms with E-state index in [0.717, 1.165) is 25.1 Å². The van der Waals surface area contributed by atoms with Crippen LogP contribution < -0.4 is 0 Å². The number of β-amino-alcohol motifs (C(OH)–C–C–N with tert-alkyl or cyclic N) is 1. The standard InChI is InChI=1S/C16H19N5O3/c22-16(12-21-7-5-17-19-21)4-2-6-20(11-16)10-13-9-15(24-18-13)14-3-1-8-23-14/h1,3,5,7-9,22H,2,4,6,10-12H2. The second-order valence-electron chi connectivity index (χ2n) is 6.30. The molecular formula is C16H19N5O3. The molecule has 0 aliphatic carbocycles. The number of hydrogen-bond donors (Lipinski definition) is 1. The Morgan fingerprint density at radius 3 is 3.08 bits per heavy atom. The fraction of sp³-hybridized carbons (Fsp3) is 0.438. The van der Waals surface area contributed by atoms with E-state index in [4.69, 9.17) is 8.94 Å². The van der Waals surface area contributed by atoms with Crippen LogP contribution in [0.1, 0.15) is 18.5 Å². The van der Waals surface area contributed by atoms with Crippen LogP contribution in [0.5, 0.6) is 0 Å². The van der Waals surface area contributed by atoms with E-state index in [2.05, 4.69) is 20.4 Å². The summed E-state index contributed by atoms with van der Waals surface area (Å²) in [5.41, 5.74) is 0.0194. The van der Waals surface area contributed by atoms with Crippen molar-refractivity contribution in [3.8, 4) is 11.5 Å². The Kier molecular flexibility index (Phi) is 3.91. The Morgan fingerprint density at radius 2 is 2.29 bits per heavy atom. The van der Waals surface area contributed by atoms with Gasteiger partial charge in [-0.2, -0.15) is 0 Å². The summed E-state index contributed by atoms with van der Waals surface area (Å²) in [6.45, 7) is 2.56. The van der Waals surface area contributed by atoms with E-state index < -0.39 is 5.60 Å². The zero-order valence-electron chi connectivity index (χ0n) is 13.2. The van der Waals surface area contributed by atoms with E-state index in [1.54, 1.807) is 23.3 Å². The third-order valence-corrected chi connectivity index (χ3v) is 4.27. The molecule has 1 N–H and O–H groups in total. The van der Waals surface area contributed by atoms with Gasteiger partial charge in [0.2, 0.25) is 5.76 Å². The monoisotopic (exact) mass is 329 g/mol. The van der Waals surface area contributed by atoms with Gasteiger partial charge in [-0.05, 0) is 31.5 Å². The zero-order chi connectivity index (χ0) is 16.4. The Hall–Kier alpha value is -2.45. The molecule has 0 saturated carbocycles. The normalized spacial score (nSPS) is 22.0. The lowest BCUT2D eigenvalue weighted by Crippen LogP contribution is -2.50. The van der Waals surface area contributed by atoms with Gasteiger partial charge in [0.1, 0.15) is 0 Å². The fourth-order valence-electron chi connectivity index (χ4n) is 3.24. The van der Waals surface area contributed by atoms with E-state index in [9.17, 15) is 5.11 Å². The first-order chi connectivity index (χ1) is 11.7. The Bertz CT molecular complexity index is 768. The lowest BCUT2D eigenvalue weighted by molar-refractivity contribution is -0.0482. The number of furan rings is 1. The Labute approximate surface area is 138 Å². The number of likely N-dealkylation sites (tertiary alicyclic amines) is 1. The van der Waals surface area contributed by atoms with Gasteiger partial charge in [-0.3, -0.25) is 4.90 Å². The summed E-state index contributed by atoms with van der Waals surface area (Å²) in [7, 11) is 0. The molecule has 8 heteroatoms. The largest absolute Gasteiger partial charge is 0.461 e. The summed E-state index contributed by atoms with van der Waals surface area (Å²) in [6, 6.07) is 5.53. The van der Waals surface area contributed by atoms with Gasteiger partial charge in [-0.1, -0.05) is 10.4 Å². The van der Waals surface area contributed by atoms with Gasteiger partial charge in [-0.15, -0.1) is 5.10 Å². The van der Waals surface area contributed by atoms with Crippen LogP contribution in [0.3, 0.4) is 0 Å². The Balaban J connectivity index is 1.41. The van der Waals surface area contributed by atoms with E-state index in [1.807, 2.05) is 18.2 Å². The molecule has 24 heavy (non-hydrogen) atoms. The summed E-state index contributed by atoms with van der Waals surface area (Å²) in [5.74, 6) is 1.28. The summed E-state index contributed by atoms with van der Waals surface area (Å²) in [6.07, 6.45) is 6.67. The molecular weight excluding hydrogens is 310 g/mol. The van der Waals surface area contributed by atoms with Crippen LogP contribution in [0.25, 0.3) is 11.5 Å². The molecule has 3 aromatic heterocycles. The molecule has 1 aliphatic heterocycles. The van der Waals surface area contributed by atoms with Crippen molar-refractivity contribution in [2.24, 2.45) is 0 Å². The molecule has 1 fully saturated rings. The first kappa shape index (κ1) is 15.1. The molecule has 4 heterocycles. The molecule has 0 amide bonds. The van der Waals surface area contributed by atoms with Crippen molar-refractivity contribution < 1.29 is 14.0 Å². The van der Waals surface area contributed by atoms with Crippen LogP contribution in [-0.4, -0.2) is 48.8 Å². The number of rotatable bonds is 5. The molecule has 0 spiro atoms. The number of nitrogens with zero attached hydrogens (tertiary/aromatic N) is 5. The molecule has 4 rings (SSSR count). The first-order valence-corrected chi connectivity index (χ1v) is 7.99. The van der Waals surface area contributed by atoms with E-state index in [-0.39, 0.29) is 0 Å². The summed E-state index contributed by atoms with van der Waals surface area (Å²) in [5, 5.41) is 22.7. The first-order valence-electron chi connectivity index (χ1n) is 7.99. The lowest BCUT2D eigenvalue weighted by atomic mass is 9.92. The third kappa shape index (κ3) is 3.24. The SMILES string of the molecule is OC1(Cn2ccnn2)CCCN(Cc2cc(-c3ccco3)on2)C1. The predicted molar refractivity (Wildman–Crippen MR) is 83.7 cm³/mol. The second-order valence-corrected chi connectivity index (χ2v) is 6.30. The highest BCUT2D eigenvalue weighted by atomic mass is 16.5. The van der Waals surface area contributed by atoms with E-state index in [0.29, 0.717) is 31.2 Å². The van der Waals surface area contributed by atoms with Crippen molar-refractivity contribution in [1.82, 2.24) is 25.1 Å². The molecule has 1 unspecified atom stereocenters.